The van der Waals surface area contributed by atoms with Gasteiger partial charge in [0.2, 0.25) is 0 Å². The molecule has 0 spiro atoms. The SMILES string of the molecule is O=c1[nH]c2ccc(CCI)cc2[nH]1. The van der Waals surface area contributed by atoms with Crippen LogP contribution in [0.1, 0.15) is 5.56 Å². The zero-order chi connectivity index (χ0) is 9.26. The smallest absolute Gasteiger partial charge is 0.306 e. The molecule has 0 saturated heterocycles. The fourth-order valence-electron chi connectivity index (χ4n) is 1.34. The summed E-state index contributed by atoms with van der Waals surface area (Å²) < 4.78 is 1.10. The van der Waals surface area contributed by atoms with Gasteiger partial charge in [-0.15, -0.1) is 0 Å². The monoisotopic (exact) mass is 288 g/mol. The van der Waals surface area contributed by atoms with E-state index in [1.165, 1.54) is 5.56 Å². The highest BCUT2D eigenvalue weighted by atomic mass is 127. The first kappa shape index (κ1) is 8.80. The van der Waals surface area contributed by atoms with Crippen molar-refractivity contribution >= 4 is 33.6 Å². The molecule has 2 N–H and O–H groups in total. The Kier molecular flexibility index (Phi) is 2.39. The molecule has 0 unspecified atom stereocenters. The van der Waals surface area contributed by atoms with E-state index >= 15 is 0 Å². The van der Waals surface area contributed by atoms with Gasteiger partial charge in [-0.05, 0) is 24.1 Å². The highest BCUT2D eigenvalue weighted by molar-refractivity contribution is 14.1. The first-order valence-electron chi connectivity index (χ1n) is 4.06. The Morgan fingerprint density at radius 2 is 2.00 bits per heavy atom. The van der Waals surface area contributed by atoms with E-state index < -0.39 is 0 Å². The standard InChI is InChI=1S/C9H9IN2O/c10-4-3-6-1-2-7-8(5-6)12-9(13)11-7/h1-2,5H,3-4H2,(H2,11,12,13). The number of rotatable bonds is 2. The summed E-state index contributed by atoms with van der Waals surface area (Å²) in [5.41, 5.74) is 2.90. The average molecular weight is 288 g/mol. The number of halogens is 1. The largest absolute Gasteiger partial charge is 0.323 e. The molecule has 0 aliphatic heterocycles. The molecule has 1 aromatic heterocycles. The minimum Gasteiger partial charge on any atom is -0.306 e. The summed E-state index contributed by atoms with van der Waals surface area (Å²) in [6.07, 6.45) is 1.05. The molecule has 0 radical (unpaired) electrons. The van der Waals surface area contributed by atoms with Crippen LogP contribution in [0.15, 0.2) is 23.0 Å². The number of imidazole rings is 1. The first-order chi connectivity index (χ1) is 6.29. The van der Waals surface area contributed by atoms with Crippen LogP contribution in [0, 0.1) is 0 Å². The van der Waals surface area contributed by atoms with E-state index in [1.807, 2.05) is 18.2 Å². The minimum absolute atomic E-state index is 0.137. The molecule has 0 amide bonds. The topological polar surface area (TPSA) is 48.6 Å². The number of hydrogen-bond donors (Lipinski definition) is 2. The molecular formula is C9H9IN2O. The second-order valence-electron chi connectivity index (χ2n) is 2.90. The van der Waals surface area contributed by atoms with Gasteiger partial charge in [0.15, 0.2) is 0 Å². The van der Waals surface area contributed by atoms with Crippen molar-refractivity contribution in [3.8, 4) is 0 Å². The molecule has 68 valence electrons. The van der Waals surface area contributed by atoms with Gasteiger partial charge in [0, 0.05) is 4.43 Å². The second-order valence-corrected chi connectivity index (χ2v) is 3.98. The Morgan fingerprint density at radius 1 is 1.23 bits per heavy atom. The van der Waals surface area contributed by atoms with Crippen LogP contribution in [0.2, 0.25) is 0 Å². The molecule has 0 aliphatic rings. The van der Waals surface area contributed by atoms with Crippen LogP contribution < -0.4 is 5.69 Å². The van der Waals surface area contributed by atoms with Gasteiger partial charge in [-0.2, -0.15) is 0 Å². The number of nitrogens with one attached hydrogen (secondary N) is 2. The van der Waals surface area contributed by atoms with Crippen LogP contribution in [0.4, 0.5) is 0 Å². The maximum Gasteiger partial charge on any atom is 0.323 e. The lowest BCUT2D eigenvalue weighted by atomic mass is 10.1. The van der Waals surface area contributed by atoms with Gasteiger partial charge in [-0.1, -0.05) is 28.7 Å². The van der Waals surface area contributed by atoms with Gasteiger partial charge in [-0.25, -0.2) is 4.79 Å². The molecule has 0 saturated carbocycles. The molecule has 1 heterocycles. The normalized spacial score (nSPS) is 10.8. The summed E-state index contributed by atoms with van der Waals surface area (Å²) in [4.78, 5) is 16.4. The summed E-state index contributed by atoms with van der Waals surface area (Å²) in [5.74, 6) is 0. The van der Waals surface area contributed by atoms with E-state index in [9.17, 15) is 4.79 Å². The van der Waals surface area contributed by atoms with Gasteiger partial charge < -0.3 is 9.97 Å². The predicted molar refractivity (Wildman–Crippen MR) is 61.5 cm³/mol. The van der Waals surface area contributed by atoms with Crippen molar-refractivity contribution in [3.05, 3.63) is 34.2 Å². The van der Waals surface area contributed by atoms with Crippen molar-refractivity contribution in [2.45, 2.75) is 6.42 Å². The van der Waals surface area contributed by atoms with E-state index in [0.717, 1.165) is 21.9 Å². The van der Waals surface area contributed by atoms with Gasteiger partial charge in [0.05, 0.1) is 11.0 Å². The van der Waals surface area contributed by atoms with Gasteiger partial charge in [-0.3, -0.25) is 0 Å². The third-order valence-corrected chi connectivity index (χ3v) is 2.50. The Bertz CT molecular complexity index is 472. The number of aromatic nitrogens is 2. The molecule has 1 aromatic carbocycles. The fourth-order valence-corrected chi connectivity index (χ4v) is 1.97. The molecule has 0 bridgehead atoms. The van der Waals surface area contributed by atoms with Crippen molar-refractivity contribution in [2.75, 3.05) is 4.43 Å². The van der Waals surface area contributed by atoms with Crippen molar-refractivity contribution in [1.82, 2.24) is 9.97 Å². The number of alkyl halides is 1. The quantitative estimate of drug-likeness (QED) is 0.643. The zero-order valence-electron chi connectivity index (χ0n) is 6.93. The Hall–Kier alpha value is -0.780. The van der Waals surface area contributed by atoms with Crippen LogP contribution in [0.5, 0.6) is 0 Å². The van der Waals surface area contributed by atoms with E-state index in [1.54, 1.807) is 0 Å². The summed E-state index contributed by atoms with van der Waals surface area (Å²) in [5, 5.41) is 0. The van der Waals surface area contributed by atoms with E-state index in [-0.39, 0.29) is 5.69 Å². The zero-order valence-corrected chi connectivity index (χ0v) is 9.09. The molecule has 0 fully saturated rings. The molecule has 2 aromatic rings. The Labute approximate surface area is 88.7 Å². The van der Waals surface area contributed by atoms with Crippen molar-refractivity contribution < 1.29 is 0 Å². The fraction of sp³-hybridized carbons (Fsp3) is 0.222. The lowest BCUT2D eigenvalue weighted by molar-refractivity contribution is 1.18. The van der Waals surface area contributed by atoms with Gasteiger partial charge >= 0.3 is 5.69 Å². The lowest BCUT2D eigenvalue weighted by Crippen LogP contribution is -1.99. The summed E-state index contributed by atoms with van der Waals surface area (Å²) in [6, 6.07) is 6.01. The van der Waals surface area contributed by atoms with Gasteiger partial charge in [0.1, 0.15) is 0 Å². The van der Waals surface area contributed by atoms with Crippen molar-refractivity contribution in [3.63, 3.8) is 0 Å². The molecule has 4 heteroatoms. The van der Waals surface area contributed by atoms with Crippen molar-refractivity contribution in [1.29, 1.82) is 0 Å². The Morgan fingerprint density at radius 3 is 2.77 bits per heavy atom. The minimum atomic E-state index is -0.137. The summed E-state index contributed by atoms with van der Waals surface area (Å²) >= 11 is 2.34. The number of fused-ring (bicyclic) bond motifs is 1. The summed E-state index contributed by atoms with van der Waals surface area (Å²) in [7, 11) is 0. The maximum absolute atomic E-state index is 10.9. The first-order valence-corrected chi connectivity index (χ1v) is 5.59. The number of hydrogen-bond acceptors (Lipinski definition) is 1. The van der Waals surface area contributed by atoms with E-state index in [2.05, 4.69) is 32.6 Å². The van der Waals surface area contributed by atoms with E-state index in [4.69, 9.17) is 0 Å². The van der Waals surface area contributed by atoms with Crippen LogP contribution in [0.3, 0.4) is 0 Å². The van der Waals surface area contributed by atoms with Crippen LogP contribution in [-0.2, 0) is 6.42 Å². The highest BCUT2D eigenvalue weighted by Gasteiger charge is 1.98. The third-order valence-electron chi connectivity index (χ3n) is 1.96. The Balaban J connectivity index is 2.54. The van der Waals surface area contributed by atoms with Crippen molar-refractivity contribution in [2.24, 2.45) is 0 Å². The van der Waals surface area contributed by atoms with E-state index in [0.29, 0.717) is 0 Å². The number of benzene rings is 1. The maximum atomic E-state index is 10.9. The van der Waals surface area contributed by atoms with Crippen LogP contribution >= 0.6 is 22.6 Å². The molecule has 3 nitrogen and oxygen atoms in total. The van der Waals surface area contributed by atoms with Crippen LogP contribution in [0.25, 0.3) is 11.0 Å². The molecular weight excluding hydrogens is 279 g/mol. The number of aromatic amines is 2. The van der Waals surface area contributed by atoms with Crippen LogP contribution in [-0.4, -0.2) is 14.4 Å². The van der Waals surface area contributed by atoms with Gasteiger partial charge in [0.25, 0.3) is 0 Å². The molecule has 2 rings (SSSR count). The molecule has 0 aliphatic carbocycles. The lowest BCUT2D eigenvalue weighted by Gasteiger charge is -1.96. The predicted octanol–water partition coefficient (Wildman–Crippen LogP) is 1.83. The molecule has 0 atom stereocenters. The summed E-state index contributed by atoms with van der Waals surface area (Å²) in [6.45, 7) is 0. The average Bonchev–Trinajstić information content (AvgIpc) is 2.44. The number of H-pyrrole nitrogens is 2. The number of aryl methyl sites for hydroxylation is 1. The third kappa shape index (κ3) is 1.77. The molecule has 13 heavy (non-hydrogen) atoms. The highest BCUT2D eigenvalue weighted by Crippen LogP contribution is 2.11. The second kappa shape index (κ2) is 3.53.